The van der Waals surface area contributed by atoms with Crippen LogP contribution in [0.2, 0.25) is 0 Å². The molecule has 1 heterocycles. The number of carbonyl (C=O) groups is 2. The Labute approximate surface area is 166 Å². The van der Waals surface area contributed by atoms with Crippen LogP contribution in [0.25, 0.3) is 21.0 Å². The molecule has 3 aromatic carbocycles. The van der Waals surface area contributed by atoms with Gasteiger partial charge >= 0.3 is 0 Å². The number of thiazole rings is 1. The van der Waals surface area contributed by atoms with Gasteiger partial charge in [0.05, 0.1) is 23.7 Å². The first-order valence-corrected chi connectivity index (χ1v) is 9.63. The second-order valence-electron chi connectivity index (χ2n) is 6.46. The normalized spacial score (nSPS) is 10.9. The van der Waals surface area contributed by atoms with E-state index in [0.717, 1.165) is 21.0 Å². The highest BCUT2D eigenvalue weighted by Gasteiger charge is 2.14. The van der Waals surface area contributed by atoms with Gasteiger partial charge in [-0.1, -0.05) is 41.7 Å². The molecule has 1 N–H and O–H groups in total. The maximum absolute atomic E-state index is 12.6. The SMILES string of the molecule is COc1ccc(C(C)=O)cc1CC(=O)Nc1nc2c(ccc3ccccc32)s1. The molecule has 0 unspecified atom stereocenters. The molecule has 1 amide bonds. The molecule has 0 saturated carbocycles. The number of hydrogen-bond acceptors (Lipinski definition) is 5. The lowest BCUT2D eigenvalue weighted by Crippen LogP contribution is -2.15. The van der Waals surface area contributed by atoms with Gasteiger partial charge in [-0.25, -0.2) is 4.98 Å². The Kier molecular flexibility index (Phi) is 4.79. The van der Waals surface area contributed by atoms with Gasteiger partial charge in [0.15, 0.2) is 10.9 Å². The number of benzene rings is 3. The number of hydrogen-bond donors (Lipinski definition) is 1. The van der Waals surface area contributed by atoms with Gasteiger partial charge in [0.2, 0.25) is 5.91 Å². The van der Waals surface area contributed by atoms with Crippen molar-refractivity contribution in [3.05, 3.63) is 65.7 Å². The summed E-state index contributed by atoms with van der Waals surface area (Å²) >= 11 is 1.44. The molecule has 4 aromatic rings. The fourth-order valence-corrected chi connectivity index (χ4v) is 4.09. The molecule has 140 valence electrons. The van der Waals surface area contributed by atoms with Gasteiger partial charge in [-0.05, 0) is 36.6 Å². The molecule has 28 heavy (non-hydrogen) atoms. The number of fused-ring (bicyclic) bond motifs is 3. The van der Waals surface area contributed by atoms with Crippen molar-refractivity contribution in [2.24, 2.45) is 0 Å². The zero-order valence-corrected chi connectivity index (χ0v) is 16.3. The minimum absolute atomic E-state index is 0.0534. The third-order valence-electron chi connectivity index (χ3n) is 4.57. The lowest BCUT2D eigenvalue weighted by Gasteiger charge is -2.09. The van der Waals surface area contributed by atoms with Crippen molar-refractivity contribution in [3.8, 4) is 5.75 Å². The van der Waals surface area contributed by atoms with Crippen LogP contribution in [-0.4, -0.2) is 23.8 Å². The topological polar surface area (TPSA) is 68.3 Å². The summed E-state index contributed by atoms with van der Waals surface area (Å²) < 4.78 is 6.34. The molecular weight excluding hydrogens is 372 g/mol. The van der Waals surface area contributed by atoms with Crippen molar-refractivity contribution >= 4 is 49.1 Å². The van der Waals surface area contributed by atoms with Gasteiger partial charge in [0.1, 0.15) is 5.75 Å². The summed E-state index contributed by atoms with van der Waals surface area (Å²) in [5, 5.41) is 5.60. The number of nitrogens with one attached hydrogen (secondary N) is 1. The third-order valence-corrected chi connectivity index (χ3v) is 5.50. The summed E-state index contributed by atoms with van der Waals surface area (Å²) in [7, 11) is 1.54. The van der Waals surface area contributed by atoms with Crippen LogP contribution in [0.5, 0.6) is 5.75 Å². The first kappa shape index (κ1) is 18.1. The quantitative estimate of drug-likeness (QED) is 0.495. The van der Waals surface area contributed by atoms with E-state index in [9.17, 15) is 9.59 Å². The minimum atomic E-state index is -0.206. The Morgan fingerprint density at radius 2 is 1.93 bits per heavy atom. The first-order chi connectivity index (χ1) is 13.5. The van der Waals surface area contributed by atoms with E-state index in [4.69, 9.17) is 4.74 Å². The summed E-state index contributed by atoms with van der Waals surface area (Å²) in [6.45, 7) is 1.50. The fraction of sp³-hybridized carbons (Fsp3) is 0.136. The summed E-state index contributed by atoms with van der Waals surface area (Å²) in [5.74, 6) is 0.320. The number of methoxy groups -OCH3 is 1. The Balaban J connectivity index is 1.60. The predicted octanol–water partition coefficient (Wildman–Crippen LogP) is 4.84. The van der Waals surface area contributed by atoms with Crippen molar-refractivity contribution in [1.29, 1.82) is 0 Å². The second-order valence-corrected chi connectivity index (χ2v) is 7.49. The molecule has 5 nitrogen and oxygen atoms in total. The highest BCUT2D eigenvalue weighted by molar-refractivity contribution is 7.22. The molecule has 0 fully saturated rings. The number of ketones is 1. The molecule has 4 rings (SSSR count). The van der Waals surface area contributed by atoms with E-state index in [1.807, 2.05) is 30.3 Å². The average Bonchev–Trinajstić information content (AvgIpc) is 3.10. The van der Waals surface area contributed by atoms with Crippen LogP contribution < -0.4 is 10.1 Å². The van der Waals surface area contributed by atoms with Crippen LogP contribution in [0.3, 0.4) is 0 Å². The lowest BCUT2D eigenvalue weighted by atomic mass is 10.0. The average molecular weight is 390 g/mol. The molecular formula is C22H18N2O3S. The number of rotatable bonds is 5. The van der Waals surface area contributed by atoms with Crippen LogP contribution >= 0.6 is 11.3 Å². The number of ether oxygens (including phenoxy) is 1. The van der Waals surface area contributed by atoms with Crippen LogP contribution in [0.1, 0.15) is 22.8 Å². The van der Waals surface area contributed by atoms with E-state index in [-0.39, 0.29) is 18.1 Å². The molecule has 0 saturated heterocycles. The maximum Gasteiger partial charge on any atom is 0.230 e. The van der Waals surface area contributed by atoms with Gasteiger partial charge in [0.25, 0.3) is 0 Å². The molecule has 0 spiro atoms. The monoisotopic (exact) mass is 390 g/mol. The van der Waals surface area contributed by atoms with Gasteiger partial charge in [-0.2, -0.15) is 0 Å². The standard InChI is InChI=1S/C22H18N2O3S/c1-13(25)15-7-9-18(27-2)16(11-15)12-20(26)23-22-24-21-17-6-4-3-5-14(17)8-10-19(21)28-22/h3-11H,12H2,1-2H3,(H,23,24,26). The third kappa shape index (κ3) is 3.46. The zero-order chi connectivity index (χ0) is 19.7. The molecule has 0 aliphatic rings. The van der Waals surface area contributed by atoms with E-state index >= 15 is 0 Å². The highest BCUT2D eigenvalue weighted by Crippen LogP contribution is 2.32. The summed E-state index contributed by atoms with van der Waals surface area (Å²) in [6, 6.07) is 17.2. The smallest absolute Gasteiger partial charge is 0.230 e. The molecule has 0 aliphatic heterocycles. The molecule has 0 radical (unpaired) electrons. The van der Waals surface area contributed by atoms with Crippen molar-refractivity contribution < 1.29 is 14.3 Å². The first-order valence-electron chi connectivity index (χ1n) is 8.81. The Hall–Kier alpha value is -3.25. The Bertz CT molecular complexity index is 1210. The van der Waals surface area contributed by atoms with Crippen LogP contribution in [-0.2, 0) is 11.2 Å². The molecule has 0 atom stereocenters. The summed E-state index contributed by atoms with van der Waals surface area (Å²) in [5.41, 5.74) is 2.10. The highest BCUT2D eigenvalue weighted by atomic mass is 32.1. The van der Waals surface area contributed by atoms with Gasteiger partial charge in [-0.3, -0.25) is 9.59 Å². The van der Waals surface area contributed by atoms with E-state index in [0.29, 0.717) is 22.0 Å². The van der Waals surface area contributed by atoms with Crippen molar-refractivity contribution in [2.45, 2.75) is 13.3 Å². The summed E-state index contributed by atoms with van der Waals surface area (Å²) in [6.07, 6.45) is 0.0982. The fourth-order valence-electron chi connectivity index (χ4n) is 3.19. The molecule has 6 heteroatoms. The number of anilines is 1. The zero-order valence-electron chi connectivity index (χ0n) is 15.5. The van der Waals surface area contributed by atoms with E-state index in [2.05, 4.69) is 16.4 Å². The number of Topliss-reactive ketones (excluding diaryl/α,β-unsaturated/α-hetero) is 1. The van der Waals surface area contributed by atoms with Crippen LogP contribution in [0.15, 0.2) is 54.6 Å². The van der Waals surface area contributed by atoms with E-state index < -0.39 is 0 Å². The number of carbonyl (C=O) groups excluding carboxylic acids is 2. The Morgan fingerprint density at radius 3 is 2.71 bits per heavy atom. The predicted molar refractivity (Wildman–Crippen MR) is 112 cm³/mol. The van der Waals surface area contributed by atoms with Gasteiger partial charge in [0, 0.05) is 16.5 Å². The number of nitrogens with zero attached hydrogens (tertiary/aromatic N) is 1. The maximum atomic E-state index is 12.6. The number of aromatic nitrogens is 1. The molecule has 1 aromatic heterocycles. The van der Waals surface area contributed by atoms with Crippen molar-refractivity contribution in [1.82, 2.24) is 4.98 Å². The van der Waals surface area contributed by atoms with Crippen LogP contribution in [0.4, 0.5) is 5.13 Å². The largest absolute Gasteiger partial charge is 0.496 e. The van der Waals surface area contributed by atoms with Crippen LogP contribution in [0, 0.1) is 0 Å². The number of amides is 1. The van der Waals surface area contributed by atoms with Crippen molar-refractivity contribution in [2.75, 3.05) is 12.4 Å². The second kappa shape index (κ2) is 7.40. The lowest BCUT2D eigenvalue weighted by molar-refractivity contribution is -0.115. The van der Waals surface area contributed by atoms with Gasteiger partial charge < -0.3 is 10.1 Å². The van der Waals surface area contributed by atoms with E-state index in [1.54, 1.807) is 25.3 Å². The Morgan fingerprint density at radius 1 is 1.11 bits per heavy atom. The van der Waals surface area contributed by atoms with E-state index in [1.165, 1.54) is 18.3 Å². The molecule has 0 bridgehead atoms. The molecule has 0 aliphatic carbocycles. The minimum Gasteiger partial charge on any atom is -0.496 e. The summed E-state index contributed by atoms with van der Waals surface area (Å²) in [4.78, 5) is 28.8. The van der Waals surface area contributed by atoms with Gasteiger partial charge in [-0.15, -0.1) is 0 Å². The van der Waals surface area contributed by atoms with Crippen molar-refractivity contribution in [3.63, 3.8) is 0 Å².